The molecular weight excluding hydrogens is 537 g/mol. The Morgan fingerprint density at radius 2 is 1.59 bits per heavy atom. The molecule has 2 aliphatic heterocycles. The van der Waals surface area contributed by atoms with E-state index in [4.69, 9.17) is 27.9 Å². The van der Waals surface area contributed by atoms with Gasteiger partial charge in [-0.15, -0.1) is 0 Å². The molecule has 8 nitrogen and oxygen atoms in total. The second-order valence-electron chi connectivity index (χ2n) is 11.9. The fourth-order valence-electron chi connectivity index (χ4n) is 4.67. The van der Waals surface area contributed by atoms with Gasteiger partial charge in [-0.3, -0.25) is 4.79 Å². The maximum atomic E-state index is 13.3. The van der Waals surface area contributed by atoms with Crippen molar-refractivity contribution in [2.75, 3.05) is 26.2 Å². The van der Waals surface area contributed by atoms with Gasteiger partial charge in [0.15, 0.2) is 0 Å². The molecule has 2 amide bonds. The van der Waals surface area contributed by atoms with Crippen LogP contribution in [-0.2, 0) is 20.5 Å². The van der Waals surface area contributed by atoms with Crippen molar-refractivity contribution in [3.63, 3.8) is 0 Å². The number of nitrogens with one attached hydrogen (secondary N) is 1. The number of phenolic OH excluding ortho intramolecular Hbond substituents is 1. The van der Waals surface area contributed by atoms with Crippen LogP contribution in [0.1, 0.15) is 72.4 Å². The highest BCUT2D eigenvalue weighted by Crippen LogP contribution is 2.40. The molecule has 0 bridgehead atoms. The minimum absolute atomic E-state index is 0.00972. The Bertz CT molecular complexity index is 1030. The first kappa shape index (κ1) is 30.0. The van der Waals surface area contributed by atoms with Crippen molar-refractivity contribution >= 4 is 46.2 Å². The number of carbonyl (C=O) groups excluding carboxylic acids is 2. The van der Waals surface area contributed by atoms with E-state index in [1.54, 1.807) is 11.0 Å². The predicted octanol–water partition coefficient (Wildman–Crippen LogP) is 5.29. The zero-order valence-corrected chi connectivity index (χ0v) is 24.8. The van der Waals surface area contributed by atoms with Crippen LogP contribution in [0.4, 0.5) is 4.79 Å². The lowest BCUT2D eigenvalue weighted by Crippen LogP contribution is -2.46. The first-order chi connectivity index (χ1) is 17.1. The average molecular weight is 577 g/mol. The maximum Gasteiger partial charge on any atom is 0.410 e. The lowest BCUT2D eigenvalue weighted by atomic mass is 9.85. The second kappa shape index (κ2) is 11.7. The van der Waals surface area contributed by atoms with Gasteiger partial charge in [0.2, 0.25) is 5.91 Å². The van der Waals surface area contributed by atoms with Crippen molar-refractivity contribution in [2.24, 2.45) is 11.8 Å². The quantitative estimate of drug-likeness (QED) is 0.497. The molecule has 0 spiro atoms. The number of carbonyl (C=O) groups is 2. The van der Waals surface area contributed by atoms with Crippen molar-refractivity contribution in [1.29, 1.82) is 0 Å². The van der Waals surface area contributed by atoms with E-state index in [0.29, 0.717) is 56.0 Å². The highest BCUT2D eigenvalue weighted by Gasteiger charge is 2.38. The summed E-state index contributed by atoms with van der Waals surface area (Å²) in [4.78, 5) is 29.1. The van der Waals surface area contributed by atoms with Crippen molar-refractivity contribution in [1.82, 2.24) is 14.5 Å². The van der Waals surface area contributed by atoms with Crippen LogP contribution in [0.3, 0.4) is 0 Å². The zero-order valence-electron chi connectivity index (χ0n) is 22.5. The van der Waals surface area contributed by atoms with Crippen LogP contribution in [-0.4, -0.2) is 67.6 Å². The van der Waals surface area contributed by atoms with Crippen molar-refractivity contribution in [3.05, 3.63) is 27.7 Å². The van der Waals surface area contributed by atoms with Crippen LogP contribution in [0, 0.1) is 11.8 Å². The predicted molar refractivity (Wildman–Crippen MR) is 147 cm³/mol. The molecule has 208 valence electrons. The highest BCUT2D eigenvalue weighted by molar-refractivity contribution is 7.84. The standard InChI is InChI=1S/C26H39Cl2N3O5S/c1-25(2,3)36-24(34)31-12-9-17(15-31)23(33)30-10-7-16(8-11-30)22(29-37(35)26(4,5)6)18-13-19(27)20(28)14-21(18)32/h13-14,16-17,22,29,32H,7-12,15H2,1-6H3/t17-,22?,37?/m1/s1. The average Bonchev–Trinajstić information content (AvgIpc) is 3.28. The molecule has 2 unspecified atom stereocenters. The molecule has 2 fully saturated rings. The molecule has 1 aromatic carbocycles. The number of phenols is 1. The van der Waals surface area contributed by atoms with Crippen LogP contribution in [0.2, 0.25) is 10.0 Å². The Hall–Kier alpha value is -1.55. The molecule has 2 saturated heterocycles. The number of aromatic hydroxyl groups is 1. The van der Waals surface area contributed by atoms with E-state index < -0.39 is 27.4 Å². The number of ether oxygens (including phenoxy) is 1. The molecule has 0 aromatic heterocycles. The molecule has 3 rings (SSSR count). The van der Waals surface area contributed by atoms with Gasteiger partial charge in [0.25, 0.3) is 0 Å². The summed E-state index contributed by atoms with van der Waals surface area (Å²) < 4.78 is 21.2. The molecule has 0 aliphatic carbocycles. The third kappa shape index (κ3) is 7.74. The van der Waals surface area contributed by atoms with Gasteiger partial charge in [0.1, 0.15) is 11.4 Å². The summed E-state index contributed by atoms with van der Waals surface area (Å²) in [7, 11) is -1.39. The van der Waals surface area contributed by atoms with E-state index in [1.807, 2.05) is 46.4 Å². The highest BCUT2D eigenvalue weighted by atomic mass is 35.5. The molecule has 1 aromatic rings. The summed E-state index contributed by atoms with van der Waals surface area (Å²) in [6.45, 7) is 13.0. The number of likely N-dealkylation sites (tertiary alicyclic amines) is 2. The van der Waals surface area contributed by atoms with Crippen LogP contribution in [0.5, 0.6) is 5.75 Å². The van der Waals surface area contributed by atoms with Gasteiger partial charge >= 0.3 is 6.09 Å². The molecular formula is C26H39Cl2N3O5S. The minimum atomic E-state index is -1.39. The molecule has 2 heterocycles. The number of benzene rings is 1. The molecule has 2 aliphatic rings. The van der Waals surface area contributed by atoms with Crippen molar-refractivity contribution in [2.45, 2.75) is 77.2 Å². The lowest BCUT2D eigenvalue weighted by molar-refractivity contribution is -0.136. The van der Waals surface area contributed by atoms with E-state index in [-0.39, 0.29) is 34.6 Å². The van der Waals surface area contributed by atoms with E-state index in [2.05, 4.69) is 4.72 Å². The Morgan fingerprint density at radius 3 is 2.16 bits per heavy atom. The Kier molecular flexibility index (Phi) is 9.47. The number of rotatable bonds is 5. The third-order valence-electron chi connectivity index (χ3n) is 6.71. The number of amides is 2. The van der Waals surface area contributed by atoms with E-state index >= 15 is 0 Å². The van der Waals surface area contributed by atoms with Crippen LogP contribution in [0.25, 0.3) is 0 Å². The summed E-state index contributed by atoms with van der Waals surface area (Å²) in [5, 5.41) is 11.2. The molecule has 2 N–H and O–H groups in total. The summed E-state index contributed by atoms with van der Waals surface area (Å²) in [6, 6.07) is 2.60. The summed E-state index contributed by atoms with van der Waals surface area (Å²) in [5.74, 6) is -0.194. The van der Waals surface area contributed by atoms with Gasteiger partial charge in [-0.25, -0.2) is 13.7 Å². The number of hydrogen-bond acceptors (Lipinski definition) is 5. The summed E-state index contributed by atoms with van der Waals surface area (Å²) >= 11 is 12.3. The summed E-state index contributed by atoms with van der Waals surface area (Å²) in [6.07, 6.45) is 1.55. The Balaban J connectivity index is 1.68. The third-order valence-corrected chi connectivity index (χ3v) is 9.01. The smallest absolute Gasteiger partial charge is 0.410 e. The number of nitrogens with zero attached hydrogens (tertiary/aromatic N) is 2. The summed E-state index contributed by atoms with van der Waals surface area (Å²) in [5.41, 5.74) is -0.0361. The van der Waals surface area contributed by atoms with Crippen molar-refractivity contribution in [3.8, 4) is 5.75 Å². The van der Waals surface area contributed by atoms with Crippen LogP contribution >= 0.6 is 23.2 Å². The molecule has 0 saturated carbocycles. The Morgan fingerprint density at radius 1 is 1.03 bits per heavy atom. The van der Waals surface area contributed by atoms with Gasteiger partial charge < -0.3 is 19.6 Å². The molecule has 11 heteroatoms. The fourth-order valence-corrected chi connectivity index (χ4v) is 5.91. The van der Waals surface area contributed by atoms with Gasteiger partial charge in [-0.2, -0.15) is 0 Å². The molecule has 3 atom stereocenters. The SMILES string of the molecule is CC(C)(C)OC(=O)N1CC[C@@H](C(=O)N2CCC(C(NS(=O)C(C)(C)C)c3cc(Cl)c(Cl)cc3O)CC2)C1. The van der Waals surface area contributed by atoms with Gasteiger partial charge in [-0.05, 0) is 72.8 Å². The lowest BCUT2D eigenvalue weighted by Gasteiger charge is -2.38. The first-order valence-corrected chi connectivity index (χ1v) is 14.6. The van der Waals surface area contributed by atoms with Gasteiger partial charge in [0.05, 0.1) is 37.7 Å². The van der Waals surface area contributed by atoms with Gasteiger partial charge in [-0.1, -0.05) is 23.2 Å². The van der Waals surface area contributed by atoms with Gasteiger partial charge in [0, 0.05) is 37.8 Å². The zero-order chi connectivity index (χ0) is 27.7. The maximum absolute atomic E-state index is 13.3. The van der Waals surface area contributed by atoms with Crippen LogP contribution in [0.15, 0.2) is 12.1 Å². The monoisotopic (exact) mass is 575 g/mol. The van der Waals surface area contributed by atoms with Crippen LogP contribution < -0.4 is 4.72 Å². The first-order valence-electron chi connectivity index (χ1n) is 12.7. The molecule has 37 heavy (non-hydrogen) atoms. The Labute approximate surface area is 232 Å². The fraction of sp³-hybridized carbons (Fsp3) is 0.692. The number of piperidine rings is 1. The normalized spacial score (nSPS) is 21.1. The van der Waals surface area contributed by atoms with Crippen molar-refractivity contribution < 1.29 is 23.6 Å². The number of hydrogen-bond donors (Lipinski definition) is 2. The van der Waals surface area contributed by atoms with E-state index in [9.17, 15) is 18.9 Å². The van der Waals surface area contributed by atoms with E-state index in [0.717, 1.165) is 0 Å². The number of halogens is 2. The minimum Gasteiger partial charge on any atom is -0.508 e. The van der Waals surface area contributed by atoms with E-state index in [1.165, 1.54) is 6.07 Å². The topological polar surface area (TPSA) is 99.2 Å². The second-order valence-corrected chi connectivity index (χ2v) is 14.7. The molecule has 0 radical (unpaired) electrons. The largest absolute Gasteiger partial charge is 0.508 e.